The monoisotopic (exact) mass is 404 g/mol. The Bertz CT molecular complexity index is 872. The number of nitrogens with zero attached hydrogens (tertiary/aromatic N) is 3. The molecule has 1 saturated heterocycles. The molecule has 0 bridgehead atoms. The van der Waals surface area contributed by atoms with Crippen LogP contribution >= 0.6 is 12.4 Å². The number of imide groups is 1. The van der Waals surface area contributed by atoms with E-state index < -0.39 is 6.03 Å². The van der Waals surface area contributed by atoms with Crippen LogP contribution in [0.3, 0.4) is 0 Å². The molecule has 0 radical (unpaired) electrons. The van der Waals surface area contributed by atoms with E-state index in [2.05, 4.69) is 21.0 Å². The molecule has 9 nitrogen and oxygen atoms in total. The minimum absolute atomic E-state index is 0. The number of urea groups is 1. The Labute approximate surface area is 167 Å². The van der Waals surface area contributed by atoms with Crippen LogP contribution in [-0.2, 0) is 24.4 Å². The van der Waals surface area contributed by atoms with Crippen LogP contribution < -0.4 is 20.9 Å². The number of hydrogen-bond acceptors (Lipinski definition) is 5. The molecule has 1 aromatic carbocycles. The number of aryl methyl sites for hydroxylation is 1. The molecule has 0 unspecified atom stereocenters. The van der Waals surface area contributed by atoms with E-state index in [1.807, 2.05) is 10.7 Å². The second-order valence-corrected chi connectivity index (χ2v) is 6.55. The van der Waals surface area contributed by atoms with E-state index in [0.29, 0.717) is 17.8 Å². The summed E-state index contributed by atoms with van der Waals surface area (Å²) >= 11 is 0. The Kier molecular flexibility index (Phi) is 5.96. The molecule has 28 heavy (non-hydrogen) atoms. The maximum absolute atomic E-state index is 12.4. The highest BCUT2D eigenvalue weighted by Gasteiger charge is 2.27. The summed E-state index contributed by atoms with van der Waals surface area (Å²) in [5.74, 6) is -0.555. The molecule has 1 fully saturated rings. The molecule has 3 N–H and O–H groups in total. The lowest BCUT2D eigenvalue weighted by molar-refractivity contribution is -0.117. The van der Waals surface area contributed by atoms with E-state index in [-0.39, 0.29) is 30.8 Å². The molecule has 0 saturated carbocycles. The van der Waals surface area contributed by atoms with Crippen molar-refractivity contribution in [2.24, 2.45) is 0 Å². The number of amides is 4. The van der Waals surface area contributed by atoms with Crippen molar-refractivity contribution < 1.29 is 14.4 Å². The summed E-state index contributed by atoms with van der Waals surface area (Å²) in [6.45, 7) is 2.99. The normalized spacial score (nSPS) is 16.1. The van der Waals surface area contributed by atoms with Crippen LogP contribution in [0.5, 0.6) is 0 Å². The maximum Gasteiger partial charge on any atom is 0.329 e. The smallest absolute Gasteiger partial charge is 0.329 e. The molecular weight excluding hydrogens is 384 g/mol. The molecular formula is C18H21ClN6O3. The number of carbonyl (C=O) groups is 3. The minimum Gasteiger partial charge on any atom is -0.346 e. The number of rotatable bonds is 4. The van der Waals surface area contributed by atoms with Gasteiger partial charge in [-0.25, -0.2) is 4.79 Å². The van der Waals surface area contributed by atoms with Gasteiger partial charge in [0.05, 0.1) is 17.9 Å². The zero-order valence-electron chi connectivity index (χ0n) is 15.1. The van der Waals surface area contributed by atoms with E-state index in [1.54, 1.807) is 24.3 Å². The number of hydrogen-bond donors (Lipinski definition) is 3. The molecule has 1 aromatic heterocycles. The van der Waals surface area contributed by atoms with Gasteiger partial charge in [-0.1, -0.05) is 0 Å². The van der Waals surface area contributed by atoms with Crippen LogP contribution in [-0.4, -0.2) is 40.7 Å². The van der Waals surface area contributed by atoms with Crippen molar-refractivity contribution >= 4 is 35.9 Å². The second kappa shape index (κ2) is 8.41. The summed E-state index contributed by atoms with van der Waals surface area (Å²) < 4.78 is 1.98. The van der Waals surface area contributed by atoms with Crippen LogP contribution in [0, 0.1) is 0 Å². The van der Waals surface area contributed by atoms with Crippen molar-refractivity contribution in [2.45, 2.75) is 26.1 Å². The molecule has 0 aliphatic carbocycles. The van der Waals surface area contributed by atoms with Crippen LogP contribution in [0.4, 0.5) is 10.5 Å². The quantitative estimate of drug-likeness (QED) is 0.653. The van der Waals surface area contributed by atoms with Crippen molar-refractivity contribution in [1.82, 2.24) is 25.7 Å². The van der Waals surface area contributed by atoms with Gasteiger partial charge < -0.3 is 10.6 Å². The number of halogens is 1. The molecule has 2 aliphatic heterocycles. The average Bonchev–Trinajstić information content (AvgIpc) is 3.14. The lowest BCUT2D eigenvalue weighted by atomic mass is 10.2. The Morgan fingerprint density at radius 3 is 2.71 bits per heavy atom. The van der Waals surface area contributed by atoms with Gasteiger partial charge in [0.25, 0.3) is 5.91 Å². The summed E-state index contributed by atoms with van der Waals surface area (Å²) in [5.41, 5.74) is 3.00. The fraction of sp³-hybridized carbons (Fsp3) is 0.333. The first kappa shape index (κ1) is 19.8. The molecule has 2 aliphatic rings. The van der Waals surface area contributed by atoms with Crippen molar-refractivity contribution in [3.8, 4) is 0 Å². The standard InChI is InChI=1S/C18H20N6O3.ClH/c25-16-11-23(18(27)21-16)14-4-2-12(3-5-14)17(26)20-9-13-8-15-10-19-6-1-7-24(15)22-13;/h2-5,8,19H,1,6-7,9-11H2,(H,20,26)(H,21,25,27);1H. The fourth-order valence-electron chi connectivity index (χ4n) is 3.22. The van der Waals surface area contributed by atoms with E-state index in [4.69, 9.17) is 0 Å². The average molecular weight is 405 g/mol. The summed E-state index contributed by atoms with van der Waals surface area (Å²) in [5, 5.41) is 13.0. The summed E-state index contributed by atoms with van der Waals surface area (Å²) in [7, 11) is 0. The van der Waals surface area contributed by atoms with Crippen molar-refractivity contribution in [2.75, 3.05) is 18.0 Å². The van der Waals surface area contributed by atoms with Gasteiger partial charge in [0.15, 0.2) is 0 Å². The highest BCUT2D eigenvalue weighted by atomic mass is 35.5. The Morgan fingerprint density at radius 2 is 2.00 bits per heavy atom. The van der Waals surface area contributed by atoms with Gasteiger partial charge in [-0.3, -0.25) is 24.5 Å². The highest BCUT2D eigenvalue weighted by molar-refractivity contribution is 6.12. The second-order valence-electron chi connectivity index (χ2n) is 6.55. The van der Waals surface area contributed by atoms with Crippen molar-refractivity contribution in [1.29, 1.82) is 0 Å². The van der Waals surface area contributed by atoms with Gasteiger partial charge in [-0.15, -0.1) is 12.4 Å². The van der Waals surface area contributed by atoms with E-state index in [9.17, 15) is 14.4 Å². The number of fused-ring (bicyclic) bond motifs is 1. The predicted octanol–water partition coefficient (Wildman–Crippen LogP) is 0.784. The molecule has 2 aromatic rings. The lowest BCUT2D eigenvalue weighted by Gasteiger charge is -2.13. The van der Waals surface area contributed by atoms with Gasteiger partial charge >= 0.3 is 6.03 Å². The maximum atomic E-state index is 12.4. The Morgan fingerprint density at radius 1 is 1.21 bits per heavy atom. The van der Waals surface area contributed by atoms with Crippen molar-refractivity contribution in [3.63, 3.8) is 0 Å². The number of nitrogens with one attached hydrogen (secondary N) is 3. The van der Waals surface area contributed by atoms with Gasteiger partial charge in [0.1, 0.15) is 6.54 Å². The van der Waals surface area contributed by atoms with Crippen LogP contribution in [0.25, 0.3) is 0 Å². The first-order valence-corrected chi connectivity index (χ1v) is 8.86. The number of aromatic nitrogens is 2. The Balaban J connectivity index is 0.00000225. The number of anilines is 1. The molecule has 10 heteroatoms. The largest absolute Gasteiger partial charge is 0.346 e. The first-order chi connectivity index (χ1) is 13.1. The molecule has 148 valence electrons. The van der Waals surface area contributed by atoms with Gasteiger partial charge in [0.2, 0.25) is 5.91 Å². The topological polar surface area (TPSA) is 108 Å². The summed E-state index contributed by atoms with van der Waals surface area (Å²) in [6.07, 6.45) is 1.04. The lowest BCUT2D eigenvalue weighted by Crippen LogP contribution is -2.28. The highest BCUT2D eigenvalue weighted by Crippen LogP contribution is 2.17. The SMILES string of the molecule is Cl.O=C1CN(c2ccc(C(=O)NCc3cc4n(n3)CCCNC4)cc2)C(=O)N1. The minimum atomic E-state index is -0.453. The molecule has 3 heterocycles. The summed E-state index contributed by atoms with van der Waals surface area (Å²) in [6, 6.07) is 8.12. The predicted molar refractivity (Wildman–Crippen MR) is 104 cm³/mol. The third kappa shape index (κ3) is 4.15. The molecule has 0 atom stereocenters. The zero-order valence-corrected chi connectivity index (χ0v) is 15.9. The van der Waals surface area contributed by atoms with E-state index in [1.165, 1.54) is 4.90 Å². The molecule has 4 rings (SSSR count). The van der Waals surface area contributed by atoms with E-state index in [0.717, 1.165) is 37.4 Å². The number of carbonyl (C=O) groups excluding carboxylic acids is 3. The van der Waals surface area contributed by atoms with Gasteiger partial charge in [0, 0.05) is 24.3 Å². The van der Waals surface area contributed by atoms with E-state index >= 15 is 0 Å². The van der Waals surface area contributed by atoms with Gasteiger partial charge in [-0.05, 0) is 43.3 Å². The van der Waals surface area contributed by atoms with Crippen LogP contribution in [0.1, 0.15) is 28.2 Å². The van der Waals surface area contributed by atoms with Gasteiger partial charge in [-0.2, -0.15) is 5.10 Å². The molecule has 0 spiro atoms. The third-order valence-corrected chi connectivity index (χ3v) is 4.61. The first-order valence-electron chi connectivity index (χ1n) is 8.86. The zero-order chi connectivity index (χ0) is 18.8. The Hall–Kier alpha value is -2.91. The van der Waals surface area contributed by atoms with Crippen LogP contribution in [0.2, 0.25) is 0 Å². The fourth-order valence-corrected chi connectivity index (χ4v) is 3.22. The third-order valence-electron chi connectivity index (χ3n) is 4.61. The number of benzene rings is 1. The van der Waals surface area contributed by atoms with Crippen molar-refractivity contribution in [3.05, 3.63) is 47.3 Å². The summed E-state index contributed by atoms with van der Waals surface area (Å²) in [4.78, 5) is 36.6. The van der Waals surface area contributed by atoms with Crippen LogP contribution in [0.15, 0.2) is 30.3 Å². The molecule has 4 amide bonds.